The molecule has 0 saturated heterocycles. The van der Waals surface area contributed by atoms with Crippen molar-refractivity contribution in [3.63, 3.8) is 0 Å². The van der Waals surface area contributed by atoms with Gasteiger partial charge < -0.3 is 10.2 Å². The average Bonchev–Trinajstić information content (AvgIpc) is 1.86. The van der Waals surface area contributed by atoms with Crippen LogP contribution in [0, 0.1) is 0 Å². The Morgan fingerprint density at radius 3 is 1.46 bits per heavy atom. The number of carboxylic acid groups (broad SMARTS) is 2. The molecule has 0 spiro atoms. The van der Waals surface area contributed by atoms with Crippen LogP contribution in [-0.4, -0.2) is 26.5 Å². The molecule has 4 nitrogen and oxygen atoms in total. The molecule has 13 heavy (non-hydrogen) atoms. The fourth-order valence-electron chi connectivity index (χ4n) is 0. The highest BCUT2D eigenvalue weighted by atomic mass is 79.9. The number of carbonyl (C=O) groups is 2. The molecule has 76 valence electrons. The molecular formula is C8H13BrO4. The van der Waals surface area contributed by atoms with Gasteiger partial charge in [0.2, 0.25) is 0 Å². The van der Waals surface area contributed by atoms with E-state index < -0.39 is 16.3 Å². The van der Waals surface area contributed by atoms with Crippen molar-refractivity contribution in [2.24, 2.45) is 0 Å². The van der Waals surface area contributed by atoms with E-state index >= 15 is 0 Å². The lowest BCUT2D eigenvalue weighted by atomic mass is 10.2. The summed E-state index contributed by atoms with van der Waals surface area (Å²) in [6.07, 6.45) is 0. The van der Waals surface area contributed by atoms with E-state index in [1.807, 2.05) is 0 Å². The van der Waals surface area contributed by atoms with Crippen molar-refractivity contribution in [1.29, 1.82) is 0 Å². The zero-order valence-electron chi connectivity index (χ0n) is 7.80. The molecular weight excluding hydrogens is 240 g/mol. The van der Waals surface area contributed by atoms with Crippen LogP contribution < -0.4 is 0 Å². The number of rotatable bonds is 2. The van der Waals surface area contributed by atoms with E-state index in [2.05, 4.69) is 22.5 Å². The SMILES string of the molecule is C=C(C)C(=O)O.CC(C)(Br)C(=O)O. The topological polar surface area (TPSA) is 74.6 Å². The monoisotopic (exact) mass is 252 g/mol. The van der Waals surface area contributed by atoms with Crippen molar-refractivity contribution in [1.82, 2.24) is 0 Å². The molecule has 0 atom stereocenters. The van der Waals surface area contributed by atoms with E-state index in [0.29, 0.717) is 0 Å². The van der Waals surface area contributed by atoms with Crippen LogP contribution in [-0.2, 0) is 9.59 Å². The van der Waals surface area contributed by atoms with Gasteiger partial charge in [0, 0.05) is 5.57 Å². The molecule has 0 saturated carbocycles. The summed E-state index contributed by atoms with van der Waals surface area (Å²) in [4.78, 5) is 19.6. The maximum atomic E-state index is 9.97. The largest absolute Gasteiger partial charge is 0.480 e. The van der Waals surface area contributed by atoms with Gasteiger partial charge in [0.1, 0.15) is 4.32 Å². The van der Waals surface area contributed by atoms with Gasteiger partial charge in [-0.25, -0.2) is 4.79 Å². The van der Waals surface area contributed by atoms with Crippen molar-refractivity contribution >= 4 is 27.9 Å². The number of hydrogen-bond donors (Lipinski definition) is 2. The summed E-state index contributed by atoms with van der Waals surface area (Å²) in [7, 11) is 0. The van der Waals surface area contributed by atoms with Crippen LogP contribution in [0.4, 0.5) is 0 Å². The molecule has 0 rings (SSSR count). The first-order chi connectivity index (χ1) is 5.59. The molecule has 0 radical (unpaired) electrons. The van der Waals surface area contributed by atoms with E-state index in [4.69, 9.17) is 10.2 Å². The molecule has 0 bridgehead atoms. The number of carboxylic acids is 2. The second-order valence-corrected chi connectivity index (χ2v) is 4.85. The third-order valence-electron chi connectivity index (χ3n) is 0.874. The molecule has 0 fully saturated rings. The Labute approximate surface area is 85.4 Å². The highest BCUT2D eigenvalue weighted by Gasteiger charge is 2.21. The van der Waals surface area contributed by atoms with E-state index in [0.717, 1.165) is 0 Å². The fraction of sp³-hybridized carbons (Fsp3) is 0.500. The van der Waals surface area contributed by atoms with Gasteiger partial charge in [-0.1, -0.05) is 22.5 Å². The summed E-state index contributed by atoms with van der Waals surface area (Å²) in [6, 6.07) is 0. The van der Waals surface area contributed by atoms with Crippen molar-refractivity contribution in [2.45, 2.75) is 25.1 Å². The van der Waals surface area contributed by atoms with Crippen LogP contribution in [0.3, 0.4) is 0 Å². The fourth-order valence-corrected chi connectivity index (χ4v) is 0. The van der Waals surface area contributed by atoms with E-state index in [1.54, 1.807) is 13.8 Å². The Morgan fingerprint density at radius 1 is 1.31 bits per heavy atom. The van der Waals surface area contributed by atoms with Crippen LogP contribution in [0.5, 0.6) is 0 Å². The maximum Gasteiger partial charge on any atom is 0.330 e. The Morgan fingerprint density at radius 2 is 1.46 bits per heavy atom. The highest BCUT2D eigenvalue weighted by molar-refractivity contribution is 9.10. The minimum Gasteiger partial charge on any atom is -0.480 e. The molecule has 0 aromatic heterocycles. The summed E-state index contributed by atoms with van der Waals surface area (Å²) in [5.74, 6) is -1.78. The second-order valence-electron chi connectivity index (χ2n) is 2.86. The minimum atomic E-state index is -0.935. The Hall–Kier alpha value is -0.840. The van der Waals surface area contributed by atoms with Crippen molar-refractivity contribution < 1.29 is 19.8 Å². The first-order valence-corrected chi connectivity index (χ1v) is 4.19. The van der Waals surface area contributed by atoms with Crippen LogP contribution in [0.15, 0.2) is 12.2 Å². The summed E-state index contributed by atoms with van der Waals surface area (Å²) in [5.41, 5.74) is 0.176. The van der Waals surface area contributed by atoms with E-state index in [1.165, 1.54) is 6.92 Å². The Balaban J connectivity index is 0. The number of alkyl halides is 1. The van der Waals surface area contributed by atoms with E-state index in [-0.39, 0.29) is 5.57 Å². The van der Waals surface area contributed by atoms with Gasteiger partial charge in [-0.15, -0.1) is 0 Å². The predicted molar refractivity (Wildman–Crippen MR) is 53.1 cm³/mol. The molecule has 0 unspecified atom stereocenters. The number of halogens is 1. The molecule has 0 aliphatic rings. The summed E-state index contributed by atoms with van der Waals surface area (Å²) < 4.78 is -0.771. The van der Waals surface area contributed by atoms with Gasteiger partial charge in [-0.05, 0) is 20.8 Å². The van der Waals surface area contributed by atoms with Crippen molar-refractivity contribution in [2.75, 3.05) is 0 Å². The van der Waals surface area contributed by atoms with Gasteiger partial charge in [0.25, 0.3) is 0 Å². The van der Waals surface area contributed by atoms with E-state index in [9.17, 15) is 9.59 Å². The molecule has 5 heteroatoms. The summed E-state index contributed by atoms with van der Waals surface area (Å²) in [5, 5.41) is 16.1. The third-order valence-corrected chi connectivity index (χ3v) is 1.21. The first kappa shape index (κ1) is 14.7. The summed E-state index contributed by atoms with van der Waals surface area (Å²) >= 11 is 2.94. The lowest BCUT2D eigenvalue weighted by Gasteiger charge is -2.06. The normalized spacial score (nSPS) is 9.54. The molecule has 0 heterocycles. The standard InChI is InChI=1S/C4H7BrO2.C4H6O2/c1-4(2,5)3(6)7;1-3(2)4(5)6/h1-2H3,(H,6,7);1H2,2H3,(H,5,6). The highest BCUT2D eigenvalue weighted by Crippen LogP contribution is 2.14. The molecule has 0 aliphatic heterocycles. The van der Waals surface area contributed by atoms with Crippen LogP contribution >= 0.6 is 15.9 Å². The van der Waals surface area contributed by atoms with Crippen LogP contribution in [0.1, 0.15) is 20.8 Å². The quantitative estimate of drug-likeness (QED) is 0.582. The molecule has 0 aromatic carbocycles. The summed E-state index contributed by atoms with van der Waals surface area (Å²) in [6.45, 7) is 7.76. The average molecular weight is 253 g/mol. The zero-order valence-corrected chi connectivity index (χ0v) is 9.38. The van der Waals surface area contributed by atoms with Crippen molar-refractivity contribution in [3.05, 3.63) is 12.2 Å². The predicted octanol–water partition coefficient (Wildman–Crippen LogP) is 1.89. The molecule has 0 aromatic rings. The van der Waals surface area contributed by atoms with Crippen LogP contribution in [0.2, 0.25) is 0 Å². The zero-order chi connectivity index (χ0) is 11.2. The first-order valence-electron chi connectivity index (χ1n) is 3.40. The number of hydrogen-bond acceptors (Lipinski definition) is 2. The van der Waals surface area contributed by atoms with Crippen molar-refractivity contribution in [3.8, 4) is 0 Å². The number of aliphatic carboxylic acids is 2. The van der Waals surface area contributed by atoms with Gasteiger partial charge in [-0.3, -0.25) is 4.79 Å². The van der Waals surface area contributed by atoms with Gasteiger partial charge in [0.05, 0.1) is 0 Å². The molecule has 0 aliphatic carbocycles. The lowest BCUT2D eigenvalue weighted by Crippen LogP contribution is -2.22. The minimum absolute atomic E-state index is 0.176. The molecule has 2 N–H and O–H groups in total. The van der Waals surface area contributed by atoms with Gasteiger partial charge >= 0.3 is 11.9 Å². The molecule has 0 amide bonds. The van der Waals surface area contributed by atoms with Gasteiger partial charge in [-0.2, -0.15) is 0 Å². The second kappa shape index (κ2) is 5.75. The van der Waals surface area contributed by atoms with Gasteiger partial charge in [0.15, 0.2) is 0 Å². The smallest absolute Gasteiger partial charge is 0.330 e. The maximum absolute atomic E-state index is 9.97. The lowest BCUT2D eigenvalue weighted by molar-refractivity contribution is -0.138. The Bertz CT molecular complexity index is 203. The van der Waals surface area contributed by atoms with Crippen LogP contribution in [0.25, 0.3) is 0 Å². The third kappa shape index (κ3) is 11.2. The Kier molecular flexibility index (Phi) is 6.48.